The predicted molar refractivity (Wildman–Crippen MR) is 107 cm³/mol. The van der Waals surface area contributed by atoms with Crippen molar-refractivity contribution in [3.63, 3.8) is 0 Å². The van der Waals surface area contributed by atoms with Gasteiger partial charge in [-0.05, 0) is 44.2 Å². The van der Waals surface area contributed by atoms with Crippen molar-refractivity contribution < 1.29 is 19.1 Å². The fourth-order valence-corrected chi connectivity index (χ4v) is 2.99. The molecule has 2 amide bonds. The third-order valence-electron chi connectivity index (χ3n) is 4.39. The smallest absolute Gasteiger partial charge is 0.273 e. The number of ether oxygens (including phenoxy) is 2. The molecule has 0 radical (unpaired) electrons. The number of fused-ring (bicyclic) bond motifs is 1. The van der Waals surface area contributed by atoms with Gasteiger partial charge in [0, 0.05) is 17.4 Å². The third-order valence-corrected chi connectivity index (χ3v) is 4.39. The second kappa shape index (κ2) is 7.67. The van der Waals surface area contributed by atoms with Crippen molar-refractivity contribution in [3.05, 3.63) is 65.5 Å². The summed E-state index contributed by atoms with van der Waals surface area (Å²) in [5.41, 5.74) is 3.29. The number of aryl methyl sites for hydroxylation is 2. The largest absolute Gasteiger partial charge is 0.454 e. The highest BCUT2D eigenvalue weighted by atomic mass is 16.7. The summed E-state index contributed by atoms with van der Waals surface area (Å²) < 4.78 is 12.0. The molecule has 2 aromatic carbocycles. The summed E-state index contributed by atoms with van der Waals surface area (Å²) in [6.45, 7) is 3.83. The number of anilines is 2. The second-order valence-electron chi connectivity index (χ2n) is 6.76. The molecule has 2 N–H and O–H groups in total. The molecule has 148 valence electrons. The van der Waals surface area contributed by atoms with Crippen molar-refractivity contribution in [1.82, 2.24) is 9.78 Å². The number of nitrogens with zero attached hydrogens (tertiary/aromatic N) is 2. The van der Waals surface area contributed by atoms with Gasteiger partial charge in [-0.15, -0.1) is 0 Å². The molecular weight excluding hydrogens is 372 g/mol. The monoisotopic (exact) mass is 392 g/mol. The molecule has 29 heavy (non-hydrogen) atoms. The molecule has 8 nitrogen and oxygen atoms in total. The first kappa shape index (κ1) is 18.5. The zero-order valence-corrected chi connectivity index (χ0v) is 16.1. The Balaban J connectivity index is 1.46. The Kier molecular flexibility index (Phi) is 4.90. The number of aromatic nitrogens is 2. The quantitative estimate of drug-likeness (QED) is 0.696. The van der Waals surface area contributed by atoms with Gasteiger partial charge in [0.05, 0.1) is 5.69 Å². The zero-order valence-electron chi connectivity index (χ0n) is 16.1. The van der Waals surface area contributed by atoms with Crippen LogP contribution in [-0.4, -0.2) is 28.4 Å². The predicted octanol–water partition coefficient (Wildman–Crippen LogP) is 3.12. The lowest BCUT2D eigenvalue weighted by Crippen LogP contribution is -2.24. The van der Waals surface area contributed by atoms with Gasteiger partial charge >= 0.3 is 0 Å². The summed E-state index contributed by atoms with van der Waals surface area (Å²) in [7, 11) is 0. The van der Waals surface area contributed by atoms with E-state index in [1.54, 1.807) is 31.2 Å². The maximum absolute atomic E-state index is 12.7. The first-order chi connectivity index (χ1) is 14.0. The number of nitrogens with one attached hydrogen (secondary N) is 2. The highest BCUT2D eigenvalue weighted by Crippen LogP contribution is 2.34. The van der Waals surface area contributed by atoms with E-state index in [1.165, 1.54) is 4.68 Å². The van der Waals surface area contributed by atoms with Crippen LogP contribution in [0.2, 0.25) is 0 Å². The SMILES string of the molecule is Cc1ccc(NC(=O)Cn2nc(C)cc2C(=O)Nc2ccc3c(c2)OCO3)cc1. The van der Waals surface area contributed by atoms with Gasteiger partial charge in [0.25, 0.3) is 5.91 Å². The van der Waals surface area contributed by atoms with Gasteiger partial charge in [-0.2, -0.15) is 5.10 Å². The minimum Gasteiger partial charge on any atom is -0.454 e. The standard InChI is InChI=1S/C21H20N4O4/c1-13-3-5-15(6-4-13)22-20(26)11-25-17(9-14(2)24-25)21(27)23-16-7-8-18-19(10-16)29-12-28-18/h3-10H,11-12H2,1-2H3,(H,22,26)(H,23,27). The lowest BCUT2D eigenvalue weighted by atomic mass is 10.2. The Morgan fingerprint density at radius 3 is 2.48 bits per heavy atom. The Morgan fingerprint density at radius 1 is 0.966 bits per heavy atom. The number of benzene rings is 2. The number of hydrogen-bond donors (Lipinski definition) is 2. The molecule has 0 atom stereocenters. The molecule has 4 rings (SSSR count). The molecule has 0 saturated carbocycles. The van der Waals surface area contributed by atoms with Crippen LogP contribution in [0, 0.1) is 13.8 Å². The molecule has 0 fully saturated rings. The van der Waals surface area contributed by atoms with Crippen LogP contribution in [0.1, 0.15) is 21.7 Å². The molecular formula is C21H20N4O4. The van der Waals surface area contributed by atoms with Crippen LogP contribution in [0.3, 0.4) is 0 Å². The normalized spacial score (nSPS) is 11.9. The summed E-state index contributed by atoms with van der Waals surface area (Å²) in [4.78, 5) is 25.2. The minimum absolute atomic E-state index is 0.0778. The number of amides is 2. The topological polar surface area (TPSA) is 94.5 Å². The maximum Gasteiger partial charge on any atom is 0.273 e. The minimum atomic E-state index is -0.368. The van der Waals surface area contributed by atoms with E-state index in [9.17, 15) is 9.59 Å². The fourth-order valence-electron chi connectivity index (χ4n) is 2.99. The van der Waals surface area contributed by atoms with Crippen molar-refractivity contribution in [2.45, 2.75) is 20.4 Å². The lowest BCUT2D eigenvalue weighted by molar-refractivity contribution is -0.116. The Morgan fingerprint density at radius 2 is 1.69 bits per heavy atom. The van der Waals surface area contributed by atoms with E-state index in [4.69, 9.17) is 9.47 Å². The van der Waals surface area contributed by atoms with Crippen LogP contribution >= 0.6 is 0 Å². The molecule has 0 spiro atoms. The molecule has 1 aliphatic rings. The van der Waals surface area contributed by atoms with Gasteiger partial charge < -0.3 is 20.1 Å². The number of carbonyl (C=O) groups excluding carboxylic acids is 2. The summed E-state index contributed by atoms with van der Waals surface area (Å²) >= 11 is 0. The van der Waals surface area contributed by atoms with E-state index in [2.05, 4.69) is 15.7 Å². The van der Waals surface area contributed by atoms with E-state index in [0.717, 1.165) is 5.56 Å². The van der Waals surface area contributed by atoms with Gasteiger partial charge in [0.15, 0.2) is 11.5 Å². The third kappa shape index (κ3) is 4.21. The first-order valence-corrected chi connectivity index (χ1v) is 9.10. The molecule has 2 heterocycles. The molecule has 3 aromatic rings. The maximum atomic E-state index is 12.7. The Bertz CT molecular complexity index is 1070. The second-order valence-corrected chi connectivity index (χ2v) is 6.76. The van der Waals surface area contributed by atoms with Crippen LogP contribution in [0.4, 0.5) is 11.4 Å². The summed E-state index contributed by atoms with van der Waals surface area (Å²) in [5, 5.41) is 9.89. The van der Waals surface area contributed by atoms with Crippen LogP contribution in [0.5, 0.6) is 11.5 Å². The van der Waals surface area contributed by atoms with Gasteiger partial charge in [-0.25, -0.2) is 0 Å². The van der Waals surface area contributed by atoms with Crippen LogP contribution in [-0.2, 0) is 11.3 Å². The Hall–Kier alpha value is -3.81. The van der Waals surface area contributed by atoms with Crippen LogP contribution in [0.15, 0.2) is 48.5 Å². The van der Waals surface area contributed by atoms with E-state index < -0.39 is 0 Å². The van der Waals surface area contributed by atoms with E-state index >= 15 is 0 Å². The molecule has 8 heteroatoms. The van der Waals surface area contributed by atoms with Crippen molar-refractivity contribution in [2.75, 3.05) is 17.4 Å². The van der Waals surface area contributed by atoms with Crippen LogP contribution < -0.4 is 20.1 Å². The molecule has 0 bridgehead atoms. The van der Waals surface area contributed by atoms with E-state index in [0.29, 0.717) is 34.3 Å². The van der Waals surface area contributed by atoms with Crippen molar-refractivity contribution in [1.29, 1.82) is 0 Å². The molecule has 0 saturated heterocycles. The number of rotatable bonds is 5. The van der Waals surface area contributed by atoms with Gasteiger partial charge in [0.1, 0.15) is 12.2 Å². The average Bonchev–Trinajstić information content (AvgIpc) is 3.29. The first-order valence-electron chi connectivity index (χ1n) is 9.10. The summed E-state index contributed by atoms with van der Waals surface area (Å²) in [6.07, 6.45) is 0. The van der Waals surface area contributed by atoms with Crippen LogP contribution in [0.25, 0.3) is 0 Å². The zero-order chi connectivity index (χ0) is 20.4. The number of carbonyl (C=O) groups is 2. The molecule has 0 aliphatic carbocycles. The van der Waals surface area contributed by atoms with Gasteiger partial charge in [0.2, 0.25) is 12.7 Å². The average molecular weight is 392 g/mol. The van der Waals surface area contributed by atoms with E-state index in [1.807, 2.05) is 31.2 Å². The van der Waals surface area contributed by atoms with E-state index in [-0.39, 0.29) is 25.2 Å². The molecule has 1 aliphatic heterocycles. The Labute approximate surface area is 167 Å². The molecule has 0 unspecified atom stereocenters. The van der Waals surface area contributed by atoms with Gasteiger partial charge in [-0.3, -0.25) is 14.3 Å². The highest BCUT2D eigenvalue weighted by molar-refractivity contribution is 6.03. The van der Waals surface area contributed by atoms with Crippen molar-refractivity contribution in [3.8, 4) is 11.5 Å². The fraction of sp³-hybridized carbons (Fsp3) is 0.190. The van der Waals surface area contributed by atoms with Gasteiger partial charge in [-0.1, -0.05) is 17.7 Å². The van der Waals surface area contributed by atoms with Crippen molar-refractivity contribution >= 4 is 23.2 Å². The summed E-state index contributed by atoms with van der Waals surface area (Å²) in [5.74, 6) is 0.573. The summed E-state index contributed by atoms with van der Waals surface area (Å²) in [6, 6.07) is 14.3. The molecule has 1 aromatic heterocycles. The lowest BCUT2D eigenvalue weighted by Gasteiger charge is -2.10. The van der Waals surface area contributed by atoms with Crippen molar-refractivity contribution in [2.24, 2.45) is 0 Å². The number of hydrogen-bond acceptors (Lipinski definition) is 5. The highest BCUT2D eigenvalue weighted by Gasteiger charge is 2.18.